The van der Waals surface area contributed by atoms with Gasteiger partial charge >= 0.3 is 0 Å². The van der Waals surface area contributed by atoms with Crippen LogP contribution in [-0.4, -0.2) is 9.97 Å². The minimum absolute atomic E-state index is 0.389. The number of aryl methyl sites for hydroxylation is 1. The van der Waals surface area contributed by atoms with Gasteiger partial charge in [0.05, 0.1) is 16.8 Å². The third-order valence-electron chi connectivity index (χ3n) is 2.58. The molecule has 1 aromatic carbocycles. The summed E-state index contributed by atoms with van der Waals surface area (Å²) in [7, 11) is 0. The Labute approximate surface area is 109 Å². The summed E-state index contributed by atoms with van der Waals surface area (Å²) >= 11 is 0. The van der Waals surface area contributed by atoms with Gasteiger partial charge in [0.25, 0.3) is 0 Å². The second-order valence-corrected chi connectivity index (χ2v) is 4.21. The maximum absolute atomic E-state index is 9.11. The van der Waals surface area contributed by atoms with Crippen LogP contribution in [0, 0.1) is 18.3 Å². The van der Waals surface area contributed by atoms with Gasteiger partial charge in [-0.1, -0.05) is 27.7 Å². The molecule has 0 saturated heterocycles. The van der Waals surface area contributed by atoms with E-state index in [-0.39, 0.29) is 0 Å². The van der Waals surface area contributed by atoms with Gasteiger partial charge in [-0.3, -0.25) is 4.98 Å². The molecule has 0 unspecified atom stereocenters. The molecular formula is C15H19N3. The Kier molecular flexibility index (Phi) is 4.79. The Balaban J connectivity index is 0.000000771. The minimum atomic E-state index is 0.389. The lowest BCUT2D eigenvalue weighted by atomic mass is 10.00. The maximum atomic E-state index is 9.11. The second-order valence-electron chi connectivity index (χ2n) is 4.21. The maximum Gasteiger partial charge on any atom is 0.107 e. The van der Waals surface area contributed by atoms with E-state index in [0.29, 0.717) is 17.0 Å². The lowest BCUT2D eigenvalue weighted by molar-refractivity contribution is 0.867. The predicted octanol–water partition coefficient (Wildman–Crippen LogP) is 3.96. The highest BCUT2D eigenvalue weighted by molar-refractivity contribution is 5.81. The van der Waals surface area contributed by atoms with Crippen LogP contribution >= 0.6 is 0 Å². The van der Waals surface area contributed by atoms with Crippen LogP contribution < -0.4 is 0 Å². The van der Waals surface area contributed by atoms with E-state index in [4.69, 9.17) is 5.26 Å². The van der Waals surface area contributed by atoms with E-state index in [0.717, 1.165) is 16.8 Å². The molecule has 94 valence electrons. The first-order valence-corrected chi connectivity index (χ1v) is 6.29. The summed E-state index contributed by atoms with van der Waals surface area (Å²) in [5.74, 6) is 0.389. The molecule has 18 heavy (non-hydrogen) atoms. The highest BCUT2D eigenvalue weighted by Crippen LogP contribution is 2.22. The van der Waals surface area contributed by atoms with E-state index in [1.165, 1.54) is 0 Å². The SMILES string of the molecule is CC.Cc1cnc2cc(C(C)C)cc(C#N)c2n1. The quantitative estimate of drug-likeness (QED) is 0.759. The van der Waals surface area contributed by atoms with Crippen molar-refractivity contribution in [3.05, 3.63) is 35.2 Å². The fourth-order valence-electron chi connectivity index (χ4n) is 1.64. The molecule has 0 aliphatic carbocycles. The van der Waals surface area contributed by atoms with Crippen molar-refractivity contribution in [2.45, 2.75) is 40.5 Å². The highest BCUT2D eigenvalue weighted by atomic mass is 14.8. The molecule has 0 bridgehead atoms. The fourth-order valence-corrected chi connectivity index (χ4v) is 1.64. The lowest BCUT2D eigenvalue weighted by Gasteiger charge is -2.08. The van der Waals surface area contributed by atoms with Crippen LogP contribution in [0.3, 0.4) is 0 Å². The lowest BCUT2D eigenvalue weighted by Crippen LogP contribution is -1.95. The standard InChI is InChI=1S/C13H13N3.C2H6/c1-8(2)10-4-11(6-14)13-12(5-10)15-7-9(3)16-13;1-2/h4-5,7-8H,1-3H3;1-2H3. The van der Waals surface area contributed by atoms with Crippen molar-refractivity contribution in [1.82, 2.24) is 9.97 Å². The van der Waals surface area contributed by atoms with Gasteiger partial charge in [0, 0.05) is 6.20 Å². The van der Waals surface area contributed by atoms with Gasteiger partial charge < -0.3 is 0 Å². The fraction of sp³-hybridized carbons (Fsp3) is 0.400. The van der Waals surface area contributed by atoms with E-state index in [2.05, 4.69) is 29.9 Å². The summed E-state index contributed by atoms with van der Waals surface area (Å²) < 4.78 is 0. The van der Waals surface area contributed by atoms with E-state index < -0.39 is 0 Å². The first-order chi connectivity index (χ1) is 8.61. The predicted molar refractivity (Wildman–Crippen MR) is 74.4 cm³/mol. The molecule has 0 N–H and O–H groups in total. The van der Waals surface area contributed by atoms with Crippen molar-refractivity contribution in [3.8, 4) is 6.07 Å². The number of fused-ring (bicyclic) bond motifs is 1. The van der Waals surface area contributed by atoms with Crippen LogP contribution in [0.5, 0.6) is 0 Å². The Morgan fingerprint density at radius 1 is 1.22 bits per heavy atom. The van der Waals surface area contributed by atoms with Crippen molar-refractivity contribution in [1.29, 1.82) is 5.26 Å². The molecule has 0 saturated carbocycles. The van der Waals surface area contributed by atoms with Crippen LogP contribution in [-0.2, 0) is 0 Å². The van der Waals surface area contributed by atoms with Gasteiger partial charge in [0.2, 0.25) is 0 Å². The number of hydrogen-bond donors (Lipinski definition) is 0. The van der Waals surface area contributed by atoms with Crippen molar-refractivity contribution >= 4 is 11.0 Å². The second kappa shape index (κ2) is 6.11. The molecule has 0 spiro atoms. The molecule has 0 amide bonds. The molecule has 2 rings (SSSR count). The van der Waals surface area contributed by atoms with Crippen LogP contribution in [0.4, 0.5) is 0 Å². The largest absolute Gasteiger partial charge is 0.253 e. The van der Waals surface area contributed by atoms with E-state index in [1.54, 1.807) is 6.20 Å². The highest BCUT2D eigenvalue weighted by Gasteiger charge is 2.08. The number of nitrogens with zero attached hydrogens (tertiary/aromatic N) is 3. The first kappa shape index (κ1) is 14.1. The summed E-state index contributed by atoms with van der Waals surface area (Å²) in [6.07, 6.45) is 1.73. The minimum Gasteiger partial charge on any atom is -0.253 e. The van der Waals surface area contributed by atoms with Crippen molar-refractivity contribution in [3.63, 3.8) is 0 Å². The summed E-state index contributed by atoms with van der Waals surface area (Å²) in [6, 6.07) is 6.10. The molecule has 1 heterocycles. The monoisotopic (exact) mass is 241 g/mol. The molecule has 3 heteroatoms. The summed E-state index contributed by atoms with van der Waals surface area (Å²) in [6.45, 7) is 10.1. The van der Waals surface area contributed by atoms with Crippen LogP contribution in [0.25, 0.3) is 11.0 Å². The van der Waals surface area contributed by atoms with Crippen molar-refractivity contribution in [2.75, 3.05) is 0 Å². The topological polar surface area (TPSA) is 49.6 Å². The molecule has 3 nitrogen and oxygen atoms in total. The average Bonchev–Trinajstić information content (AvgIpc) is 2.39. The molecular weight excluding hydrogens is 222 g/mol. The Morgan fingerprint density at radius 3 is 2.44 bits per heavy atom. The average molecular weight is 241 g/mol. The van der Waals surface area contributed by atoms with Crippen molar-refractivity contribution < 1.29 is 0 Å². The summed E-state index contributed by atoms with van der Waals surface area (Å²) in [5.41, 5.74) is 4.07. The van der Waals surface area contributed by atoms with Gasteiger partial charge in [-0.15, -0.1) is 0 Å². The van der Waals surface area contributed by atoms with E-state index in [1.807, 2.05) is 32.9 Å². The van der Waals surface area contributed by atoms with Crippen LogP contribution in [0.1, 0.15) is 50.4 Å². The van der Waals surface area contributed by atoms with E-state index >= 15 is 0 Å². The van der Waals surface area contributed by atoms with Gasteiger partial charge in [-0.05, 0) is 30.5 Å². The van der Waals surface area contributed by atoms with Gasteiger partial charge in [-0.25, -0.2) is 4.98 Å². The van der Waals surface area contributed by atoms with Gasteiger partial charge in [-0.2, -0.15) is 5.26 Å². The van der Waals surface area contributed by atoms with Crippen molar-refractivity contribution in [2.24, 2.45) is 0 Å². The third-order valence-corrected chi connectivity index (χ3v) is 2.58. The Hall–Kier alpha value is -1.95. The number of rotatable bonds is 1. The summed E-state index contributed by atoms with van der Waals surface area (Å²) in [4.78, 5) is 8.68. The number of hydrogen-bond acceptors (Lipinski definition) is 3. The first-order valence-electron chi connectivity index (χ1n) is 6.29. The molecule has 0 aliphatic heterocycles. The number of nitriles is 1. The zero-order valence-electron chi connectivity index (χ0n) is 11.7. The molecule has 0 atom stereocenters. The Bertz CT molecular complexity index is 580. The molecule has 0 radical (unpaired) electrons. The van der Waals surface area contributed by atoms with Gasteiger partial charge in [0.1, 0.15) is 11.6 Å². The summed E-state index contributed by atoms with van der Waals surface area (Å²) in [5, 5.41) is 9.11. The van der Waals surface area contributed by atoms with E-state index in [9.17, 15) is 0 Å². The molecule has 2 aromatic rings. The zero-order chi connectivity index (χ0) is 13.7. The zero-order valence-corrected chi connectivity index (χ0v) is 11.7. The van der Waals surface area contributed by atoms with Crippen LogP contribution in [0.2, 0.25) is 0 Å². The normalized spacial score (nSPS) is 9.83. The number of aromatic nitrogens is 2. The molecule has 1 aromatic heterocycles. The smallest absolute Gasteiger partial charge is 0.107 e. The van der Waals surface area contributed by atoms with Gasteiger partial charge in [0.15, 0.2) is 0 Å². The molecule has 0 aliphatic rings. The third kappa shape index (κ3) is 2.84. The molecule has 0 fully saturated rings. The van der Waals surface area contributed by atoms with Crippen LogP contribution in [0.15, 0.2) is 18.3 Å². The number of benzene rings is 1. The Morgan fingerprint density at radius 2 is 1.89 bits per heavy atom.